The number of alkyl halides is 3. The number of hydrogen-bond donors (Lipinski definition) is 1. The van der Waals surface area contributed by atoms with E-state index in [1.807, 2.05) is 0 Å². The summed E-state index contributed by atoms with van der Waals surface area (Å²) in [7, 11) is 1.50. The lowest BCUT2D eigenvalue weighted by molar-refractivity contribution is -0.274. The van der Waals surface area contributed by atoms with Crippen molar-refractivity contribution < 1.29 is 22.6 Å². The van der Waals surface area contributed by atoms with E-state index in [1.165, 1.54) is 31.4 Å². The van der Waals surface area contributed by atoms with Crippen molar-refractivity contribution in [1.82, 2.24) is 9.97 Å². The highest BCUT2D eigenvalue weighted by Crippen LogP contribution is 2.34. The second-order valence-corrected chi connectivity index (χ2v) is 6.17. The van der Waals surface area contributed by atoms with Gasteiger partial charge in [-0.2, -0.15) is 0 Å². The number of rotatable bonds is 8. The predicted molar refractivity (Wildman–Crippen MR) is 104 cm³/mol. The van der Waals surface area contributed by atoms with Crippen molar-refractivity contribution in [2.75, 3.05) is 12.4 Å². The monoisotopic (exact) mass is 395 g/mol. The molecule has 0 atom stereocenters. The lowest BCUT2D eigenvalue weighted by Gasteiger charge is -2.19. The summed E-state index contributed by atoms with van der Waals surface area (Å²) in [5, 5.41) is 3.32. The van der Waals surface area contributed by atoms with E-state index in [0.29, 0.717) is 34.2 Å². The molecule has 0 bridgehead atoms. The van der Waals surface area contributed by atoms with Crippen LogP contribution >= 0.6 is 0 Å². The lowest BCUT2D eigenvalue weighted by atomic mass is 10.0. The molecule has 0 fully saturated rings. The molecule has 0 aliphatic rings. The van der Waals surface area contributed by atoms with E-state index >= 15 is 0 Å². The molecular formula is C20H24F3N3O2. The fourth-order valence-corrected chi connectivity index (χ4v) is 2.80. The highest BCUT2D eigenvalue weighted by Gasteiger charge is 2.31. The van der Waals surface area contributed by atoms with Crippen LogP contribution < -0.4 is 14.8 Å². The third-order valence-electron chi connectivity index (χ3n) is 4.29. The first-order chi connectivity index (χ1) is 13.2. The average molecular weight is 395 g/mol. The first-order valence-electron chi connectivity index (χ1n) is 8.94. The molecule has 1 N–H and O–H groups in total. The van der Waals surface area contributed by atoms with Crippen molar-refractivity contribution in [3.05, 3.63) is 36.0 Å². The summed E-state index contributed by atoms with van der Waals surface area (Å²) in [5.74, 6) is 0.531. The molecule has 2 rings (SSSR count). The van der Waals surface area contributed by atoms with Gasteiger partial charge in [0.1, 0.15) is 5.75 Å². The van der Waals surface area contributed by atoms with Crippen LogP contribution in [-0.4, -0.2) is 29.5 Å². The molecule has 152 valence electrons. The first-order valence-corrected chi connectivity index (χ1v) is 8.94. The normalized spacial score (nSPS) is 11.4. The molecule has 2 aromatic rings. The van der Waals surface area contributed by atoms with Crippen LogP contribution in [0.2, 0.25) is 0 Å². The summed E-state index contributed by atoms with van der Waals surface area (Å²) in [6.45, 7) is 9.61. The molecular weight excluding hydrogens is 371 g/mol. The van der Waals surface area contributed by atoms with E-state index in [1.54, 1.807) is 6.92 Å². The smallest absolute Gasteiger partial charge is 0.478 e. The van der Waals surface area contributed by atoms with Crippen molar-refractivity contribution in [1.29, 1.82) is 0 Å². The number of halogens is 3. The molecule has 0 radical (unpaired) electrons. The van der Waals surface area contributed by atoms with Gasteiger partial charge in [-0.25, -0.2) is 9.97 Å². The van der Waals surface area contributed by atoms with Crippen LogP contribution in [0.15, 0.2) is 24.8 Å². The molecule has 0 saturated heterocycles. The van der Waals surface area contributed by atoms with Crippen LogP contribution in [0.25, 0.3) is 17.3 Å². The molecule has 0 unspecified atom stereocenters. The molecule has 0 amide bonds. The van der Waals surface area contributed by atoms with Crippen LogP contribution in [0.4, 0.5) is 19.0 Å². The summed E-state index contributed by atoms with van der Waals surface area (Å²) in [6.07, 6.45) is -1.48. The number of aryl methyl sites for hydroxylation is 1. The quantitative estimate of drug-likeness (QED) is 0.630. The Labute approximate surface area is 162 Å². The van der Waals surface area contributed by atoms with Crippen LogP contribution in [0.5, 0.6) is 11.6 Å². The number of methoxy groups -OCH3 is 1. The second kappa shape index (κ2) is 8.95. The van der Waals surface area contributed by atoms with Gasteiger partial charge in [-0.3, -0.25) is 0 Å². The Bertz CT molecular complexity index is 834. The molecule has 8 heteroatoms. The highest BCUT2D eigenvalue weighted by molar-refractivity contribution is 5.75. The Hall–Kier alpha value is -2.77. The number of nitrogens with zero attached hydrogens (tertiary/aromatic N) is 2. The van der Waals surface area contributed by atoms with Crippen molar-refractivity contribution in [2.24, 2.45) is 0 Å². The zero-order valence-corrected chi connectivity index (χ0v) is 16.4. The summed E-state index contributed by atoms with van der Waals surface area (Å²) in [6, 6.07) is 4.23. The van der Waals surface area contributed by atoms with Gasteiger partial charge < -0.3 is 14.8 Å². The van der Waals surface area contributed by atoms with E-state index in [2.05, 4.69) is 40.4 Å². The number of nitrogens with one attached hydrogen (secondary N) is 1. The molecule has 5 nitrogen and oxygen atoms in total. The third kappa shape index (κ3) is 5.15. The Balaban J connectivity index is 2.48. The Morgan fingerprint density at radius 2 is 1.89 bits per heavy atom. The zero-order chi connectivity index (χ0) is 20.9. The van der Waals surface area contributed by atoms with Gasteiger partial charge in [-0.1, -0.05) is 26.5 Å². The fraction of sp³-hybridized carbons (Fsp3) is 0.400. The molecule has 0 aliphatic carbocycles. The van der Waals surface area contributed by atoms with Crippen molar-refractivity contribution >= 4 is 11.9 Å². The minimum Gasteiger partial charge on any atom is -0.478 e. The molecule has 1 heterocycles. The van der Waals surface area contributed by atoms with Crippen LogP contribution in [0, 0.1) is 6.92 Å². The minimum atomic E-state index is -4.76. The number of benzene rings is 1. The summed E-state index contributed by atoms with van der Waals surface area (Å²) >= 11 is 0. The van der Waals surface area contributed by atoms with Crippen LogP contribution in [-0.2, 0) is 0 Å². The number of ether oxygens (including phenoxy) is 2. The van der Waals surface area contributed by atoms with Gasteiger partial charge in [-0.05, 0) is 43.5 Å². The Morgan fingerprint density at radius 1 is 1.21 bits per heavy atom. The van der Waals surface area contributed by atoms with E-state index in [4.69, 9.17) is 4.74 Å². The largest absolute Gasteiger partial charge is 0.573 e. The van der Waals surface area contributed by atoms with Gasteiger partial charge in [0.15, 0.2) is 5.82 Å². The maximum atomic E-state index is 12.5. The summed E-state index contributed by atoms with van der Waals surface area (Å²) < 4.78 is 46.8. The van der Waals surface area contributed by atoms with E-state index in [9.17, 15) is 13.2 Å². The number of anilines is 1. The molecule has 0 spiro atoms. The second-order valence-electron chi connectivity index (χ2n) is 6.17. The molecule has 1 aromatic carbocycles. The van der Waals surface area contributed by atoms with Crippen molar-refractivity contribution in [3.8, 4) is 22.9 Å². The van der Waals surface area contributed by atoms with Crippen LogP contribution in [0.3, 0.4) is 0 Å². The summed E-state index contributed by atoms with van der Waals surface area (Å²) in [4.78, 5) is 9.11. The van der Waals surface area contributed by atoms with E-state index < -0.39 is 6.36 Å². The average Bonchev–Trinajstić information content (AvgIpc) is 2.65. The van der Waals surface area contributed by atoms with Gasteiger partial charge in [-0.15, -0.1) is 13.2 Å². The molecule has 0 aliphatic heterocycles. The maximum absolute atomic E-state index is 12.5. The highest BCUT2D eigenvalue weighted by atomic mass is 19.4. The topological polar surface area (TPSA) is 56.3 Å². The van der Waals surface area contributed by atoms with Crippen LogP contribution in [0.1, 0.15) is 37.9 Å². The maximum Gasteiger partial charge on any atom is 0.573 e. The zero-order valence-electron chi connectivity index (χ0n) is 16.4. The van der Waals surface area contributed by atoms with Crippen molar-refractivity contribution in [3.63, 3.8) is 0 Å². The predicted octanol–water partition coefficient (Wildman–Crippen LogP) is 5.60. The molecule has 1 aromatic heterocycles. The van der Waals surface area contributed by atoms with Gasteiger partial charge >= 0.3 is 6.36 Å². The lowest BCUT2D eigenvalue weighted by Crippen LogP contribution is -2.19. The molecule has 28 heavy (non-hydrogen) atoms. The SMILES string of the molecule is C=Cc1cc(OC(F)(F)F)ccc1-c1nc(OC)c(NC(CC)CC)nc1C. The Morgan fingerprint density at radius 3 is 2.43 bits per heavy atom. The van der Waals surface area contributed by atoms with E-state index in [0.717, 1.165) is 12.8 Å². The van der Waals surface area contributed by atoms with E-state index in [-0.39, 0.29) is 11.8 Å². The van der Waals surface area contributed by atoms with Gasteiger partial charge in [0.05, 0.1) is 18.5 Å². The summed E-state index contributed by atoms with van der Waals surface area (Å²) in [5.41, 5.74) is 2.14. The fourth-order valence-electron chi connectivity index (χ4n) is 2.80. The number of hydrogen-bond acceptors (Lipinski definition) is 5. The van der Waals surface area contributed by atoms with Gasteiger partial charge in [0.2, 0.25) is 0 Å². The number of aromatic nitrogens is 2. The first kappa shape index (κ1) is 21.5. The standard InChI is InChI=1S/C20H24F3N3O2/c1-6-13-11-15(28-20(21,22)23)9-10-16(13)17-12(4)24-18(19(26-17)27-5)25-14(7-2)8-3/h6,9-11,14H,1,7-8H2,2-5H3,(H,24,25). The minimum absolute atomic E-state index is 0.232. The molecule has 0 saturated carbocycles. The van der Waals surface area contributed by atoms with Gasteiger partial charge in [0.25, 0.3) is 5.88 Å². The third-order valence-corrected chi connectivity index (χ3v) is 4.29. The van der Waals surface area contributed by atoms with Gasteiger partial charge in [0, 0.05) is 11.6 Å². The van der Waals surface area contributed by atoms with Crippen molar-refractivity contribution in [2.45, 2.75) is 46.0 Å². The Kier molecular flexibility index (Phi) is 6.88.